The first-order valence-corrected chi connectivity index (χ1v) is 9.05. The van der Waals surface area contributed by atoms with Crippen molar-refractivity contribution in [1.29, 1.82) is 0 Å². The van der Waals surface area contributed by atoms with E-state index in [-0.39, 0.29) is 30.6 Å². The number of rotatable bonds is 5. The van der Waals surface area contributed by atoms with Gasteiger partial charge < -0.3 is 10.6 Å². The van der Waals surface area contributed by atoms with Crippen LogP contribution in [0.2, 0.25) is 0 Å². The topological polar surface area (TPSA) is 74.8 Å². The molecule has 5 nitrogen and oxygen atoms in total. The summed E-state index contributed by atoms with van der Waals surface area (Å²) in [6, 6.07) is 14.4. The predicted molar refractivity (Wildman–Crippen MR) is 98.1 cm³/mol. The van der Waals surface area contributed by atoms with Gasteiger partial charge in [0.15, 0.2) is 6.54 Å². The second-order valence-electron chi connectivity index (χ2n) is 6.80. The number of quaternary nitrogens is 1. The molecule has 0 aliphatic heterocycles. The zero-order valence-corrected chi connectivity index (χ0v) is 14.6. The molecule has 3 rings (SSSR count). The smallest absolute Gasteiger partial charge is 0.321 e. The highest BCUT2D eigenvalue weighted by atomic mass is 16.2. The fourth-order valence-electron chi connectivity index (χ4n) is 3.53. The van der Waals surface area contributed by atoms with E-state index in [1.807, 2.05) is 23.5 Å². The normalized spacial score (nSPS) is 15.9. The first-order chi connectivity index (χ1) is 12.1. The summed E-state index contributed by atoms with van der Waals surface area (Å²) in [7, 11) is 0. The van der Waals surface area contributed by atoms with Crippen LogP contribution in [0, 0.1) is 0 Å². The van der Waals surface area contributed by atoms with Crippen LogP contribution in [0.15, 0.2) is 42.5 Å². The molecule has 0 heterocycles. The monoisotopic (exact) mass is 340 g/mol. The minimum atomic E-state index is -0.372. The van der Waals surface area contributed by atoms with Crippen molar-refractivity contribution < 1.29 is 14.9 Å². The molecule has 3 amide bonds. The quantitative estimate of drug-likeness (QED) is 0.781. The zero-order chi connectivity index (χ0) is 17.6. The molecule has 0 unspecified atom stereocenters. The van der Waals surface area contributed by atoms with E-state index < -0.39 is 0 Å². The van der Waals surface area contributed by atoms with Gasteiger partial charge in [-0.05, 0) is 30.5 Å². The Hall–Kier alpha value is -2.40. The maximum atomic E-state index is 12.0. The van der Waals surface area contributed by atoms with Crippen molar-refractivity contribution in [3.8, 4) is 0 Å². The van der Waals surface area contributed by atoms with Gasteiger partial charge in [-0.3, -0.25) is 10.1 Å². The summed E-state index contributed by atoms with van der Waals surface area (Å²) in [6.07, 6.45) is 4.31. The number of hydrogen-bond donors (Lipinski definition) is 3. The summed E-state index contributed by atoms with van der Waals surface area (Å²) in [4.78, 5) is 23.9. The predicted octanol–water partition coefficient (Wildman–Crippen LogP) is 2.23. The minimum absolute atomic E-state index is 0.134. The highest BCUT2D eigenvalue weighted by Gasteiger charge is 2.19. The van der Waals surface area contributed by atoms with Gasteiger partial charge in [-0.2, -0.15) is 0 Å². The lowest BCUT2D eigenvalue weighted by Gasteiger charge is -2.14. The molecule has 132 valence electrons. The van der Waals surface area contributed by atoms with Gasteiger partial charge in [0.05, 0.1) is 0 Å². The number of amides is 3. The van der Waals surface area contributed by atoms with Gasteiger partial charge in [-0.1, -0.05) is 55.3 Å². The Morgan fingerprint density at radius 1 is 1.12 bits per heavy atom. The van der Waals surface area contributed by atoms with E-state index in [9.17, 15) is 9.59 Å². The third kappa shape index (κ3) is 4.57. The number of urea groups is 1. The van der Waals surface area contributed by atoms with Crippen LogP contribution in [0.1, 0.15) is 44.2 Å². The first kappa shape index (κ1) is 17.4. The molecule has 25 heavy (non-hydrogen) atoms. The van der Waals surface area contributed by atoms with Crippen LogP contribution < -0.4 is 16.0 Å². The Morgan fingerprint density at radius 2 is 1.84 bits per heavy atom. The third-order valence-corrected chi connectivity index (χ3v) is 4.91. The van der Waals surface area contributed by atoms with Crippen molar-refractivity contribution in [2.75, 3.05) is 6.54 Å². The molecule has 1 fully saturated rings. The van der Waals surface area contributed by atoms with Crippen LogP contribution in [0.4, 0.5) is 4.79 Å². The van der Waals surface area contributed by atoms with Crippen LogP contribution in [0.3, 0.4) is 0 Å². The molecular formula is C20H26N3O2+. The van der Waals surface area contributed by atoms with Crippen LogP contribution in [0.25, 0.3) is 10.8 Å². The van der Waals surface area contributed by atoms with Gasteiger partial charge in [0.1, 0.15) is 6.04 Å². The Labute approximate surface area is 148 Å². The zero-order valence-electron chi connectivity index (χ0n) is 14.6. The molecule has 1 atom stereocenters. The Bertz CT molecular complexity index is 748. The molecule has 1 aliphatic rings. The molecule has 0 aromatic heterocycles. The largest absolute Gasteiger partial charge is 0.335 e. The van der Waals surface area contributed by atoms with Crippen LogP contribution in [-0.4, -0.2) is 24.5 Å². The molecule has 4 N–H and O–H groups in total. The number of carbonyl (C=O) groups excluding carboxylic acids is 2. The summed E-state index contributed by atoms with van der Waals surface area (Å²) >= 11 is 0. The van der Waals surface area contributed by atoms with Gasteiger partial charge >= 0.3 is 6.03 Å². The molecule has 2 aromatic rings. The van der Waals surface area contributed by atoms with Crippen molar-refractivity contribution in [2.45, 2.75) is 44.7 Å². The van der Waals surface area contributed by atoms with Crippen LogP contribution >= 0.6 is 0 Å². The van der Waals surface area contributed by atoms with E-state index in [0.717, 1.165) is 25.7 Å². The molecule has 0 bridgehead atoms. The molecule has 1 aliphatic carbocycles. The van der Waals surface area contributed by atoms with Crippen molar-refractivity contribution in [1.82, 2.24) is 10.6 Å². The number of hydrogen-bond acceptors (Lipinski definition) is 2. The summed E-state index contributed by atoms with van der Waals surface area (Å²) in [5.74, 6) is -0.261. The summed E-state index contributed by atoms with van der Waals surface area (Å²) < 4.78 is 0. The lowest BCUT2D eigenvalue weighted by Crippen LogP contribution is -2.87. The number of fused-ring (bicyclic) bond motifs is 1. The molecule has 2 aromatic carbocycles. The second-order valence-corrected chi connectivity index (χ2v) is 6.80. The second kappa shape index (κ2) is 8.12. The lowest BCUT2D eigenvalue weighted by molar-refractivity contribution is -0.682. The van der Waals surface area contributed by atoms with E-state index in [1.54, 1.807) is 0 Å². The number of nitrogens with one attached hydrogen (secondary N) is 2. The van der Waals surface area contributed by atoms with Crippen molar-refractivity contribution in [3.63, 3.8) is 0 Å². The van der Waals surface area contributed by atoms with Gasteiger partial charge in [0, 0.05) is 11.6 Å². The minimum Gasteiger partial charge on any atom is -0.335 e. The summed E-state index contributed by atoms with van der Waals surface area (Å²) in [6.45, 7) is 2.30. The maximum absolute atomic E-state index is 12.0. The molecule has 0 saturated heterocycles. The highest BCUT2D eigenvalue weighted by Crippen LogP contribution is 2.22. The van der Waals surface area contributed by atoms with Gasteiger partial charge in [-0.15, -0.1) is 0 Å². The molecule has 1 saturated carbocycles. The van der Waals surface area contributed by atoms with E-state index in [4.69, 9.17) is 0 Å². The fraction of sp³-hybridized carbons (Fsp3) is 0.400. The molecular weight excluding hydrogens is 314 g/mol. The van der Waals surface area contributed by atoms with Crippen molar-refractivity contribution >= 4 is 22.7 Å². The standard InChI is InChI=1S/C20H25N3O2/c1-14(17-12-6-8-15-7-2-5-11-18(15)17)21-13-19(24)23-20(25)22-16-9-3-4-10-16/h2,5-8,11-12,14,16,21H,3-4,9-10,13H2,1H3,(H2,22,23,24,25)/p+1/t14-/m0/s1. The molecule has 0 spiro atoms. The van der Waals surface area contributed by atoms with Crippen LogP contribution in [-0.2, 0) is 4.79 Å². The number of nitrogens with two attached hydrogens (primary N) is 1. The Balaban J connectivity index is 1.51. The Kier molecular flexibility index (Phi) is 5.66. The van der Waals surface area contributed by atoms with Gasteiger partial charge in [0.25, 0.3) is 5.91 Å². The summed E-state index contributed by atoms with van der Waals surface area (Å²) in [5, 5.41) is 9.65. The fourth-order valence-corrected chi connectivity index (χ4v) is 3.53. The van der Waals surface area contributed by atoms with E-state index in [0.29, 0.717) is 0 Å². The molecule has 5 heteroatoms. The van der Waals surface area contributed by atoms with Gasteiger partial charge in [-0.25, -0.2) is 4.79 Å². The average Bonchev–Trinajstić information content (AvgIpc) is 3.12. The first-order valence-electron chi connectivity index (χ1n) is 9.05. The molecule has 0 radical (unpaired) electrons. The number of imide groups is 1. The summed E-state index contributed by atoms with van der Waals surface area (Å²) in [5.41, 5.74) is 1.20. The van der Waals surface area contributed by atoms with Crippen molar-refractivity contribution in [3.05, 3.63) is 48.0 Å². The van der Waals surface area contributed by atoms with Crippen LogP contribution in [0.5, 0.6) is 0 Å². The van der Waals surface area contributed by atoms with E-state index in [1.165, 1.54) is 16.3 Å². The van der Waals surface area contributed by atoms with E-state index in [2.05, 4.69) is 41.8 Å². The highest BCUT2D eigenvalue weighted by molar-refractivity contribution is 5.94. The van der Waals surface area contributed by atoms with E-state index >= 15 is 0 Å². The Morgan fingerprint density at radius 3 is 2.64 bits per heavy atom. The third-order valence-electron chi connectivity index (χ3n) is 4.91. The number of benzene rings is 2. The SMILES string of the molecule is C[C@H]([NH2+]CC(=O)NC(=O)NC1CCCC1)c1cccc2ccccc12. The number of carbonyl (C=O) groups is 2. The average molecular weight is 340 g/mol. The van der Waals surface area contributed by atoms with Gasteiger partial charge in [0.2, 0.25) is 0 Å². The lowest BCUT2D eigenvalue weighted by atomic mass is 10.00. The van der Waals surface area contributed by atoms with Crippen molar-refractivity contribution in [2.24, 2.45) is 0 Å². The maximum Gasteiger partial charge on any atom is 0.321 e.